The van der Waals surface area contributed by atoms with Gasteiger partial charge in [-0.15, -0.1) is 0 Å². The molecule has 7 heteroatoms. The molecule has 0 bridgehead atoms. The number of thioether (sulfide) groups is 1. The molecule has 3 aromatic carbocycles. The first-order chi connectivity index (χ1) is 15.1. The van der Waals surface area contributed by atoms with Crippen molar-refractivity contribution in [1.82, 2.24) is 0 Å². The van der Waals surface area contributed by atoms with Crippen LogP contribution in [0.2, 0.25) is 0 Å². The molecule has 3 aromatic rings. The molecule has 1 heterocycles. The van der Waals surface area contributed by atoms with E-state index in [1.807, 2.05) is 37.3 Å². The van der Waals surface area contributed by atoms with E-state index in [1.165, 1.54) is 12.1 Å². The van der Waals surface area contributed by atoms with Gasteiger partial charge in [0, 0.05) is 4.90 Å². The van der Waals surface area contributed by atoms with Crippen LogP contribution in [-0.2, 0) is 9.59 Å². The quantitative estimate of drug-likeness (QED) is 0.517. The Bertz CT molecular complexity index is 1150. The Kier molecular flexibility index (Phi) is 6.04. The van der Waals surface area contributed by atoms with Gasteiger partial charge in [-0.1, -0.05) is 42.1 Å². The van der Waals surface area contributed by atoms with Crippen LogP contribution >= 0.6 is 11.8 Å². The monoisotopic (exact) mass is 434 g/mol. The van der Waals surface area contributed by atoms with Crippen LogP contribution in [0.5, 0.6) is 5.75 Å². The molecular weight excluding hydrogens is 415 g/mol. The molecule has 0 saturated carbocycles. The first-order valence-electron chi connectivity index (χ1n) is 9.69. The number of imide groups is 1. The highest BCUT2D eigenvalue weighted by atomic mass is 32.2. The number of nitrogens with zero attached hydrogens (tertiary/aromatic N) is 1. The van der Waals surface area contributed by atoms with Crippen molar-refractivity contribution < 1.29 is 18.7 Å². The third-order valence-corrected chi connectivity index (χ3v) is 5.63. The maximum absolute atomic E-state index is 14.2. The molecule has 0 saturated heterocycles. The molecule has 0 fully saturated rings. The number of carbonyl (C=O) groups excluding carboxylic acids is 2. The number of hydrogen-bond acceptors (Lipinski definition) is 5. The van der Waals surface area contributed by atoms with Crippen LogP contribution in [0.4, 0.5) is 15.8 Å². The van der Waals surface area contributed by atoms with Crippen LogP contribution in [0.15, 0.2) is 94.4 Å². The van der Waals surface area contributed by atoms with E-state index in [-0.39, 0.29) is 16.3 Å². The minimum absolute atomic E-state index is 0.0397. The number of ether oxygens (including phenoxy) is 1. The Morgan fingerprint density at radius 3 is 2.26 bits per heavy atom. The number of rotatable bonds is 7. The summed E-state index contributed by atoms with van der Waals surface area (Å²) in [6.45, 7) is 2.39. The zero-order valence-electron chi connectivity index (χ0n) is 16.7. The summed E-state index contributed by atoms with van der Waals surface area (Å²) in [5, 5.41) is 2.84. The van der Waals surface area contributed by atoms with E-state index < -0.39 is 17.6 Å². The summed E-state index contributed by atoms with van der Waals surface area (Å²) in [7, 11) is 0. The molecule has 0 spiro atoms. The summed E-state index contributed by atoms with van der Waals surface area (Å²) >= 11 is 1.16. The molecule has 1 N–H and O–H groups in total. The van der Waals surface area contributed by atoms with Crippen molar-refractivity contribution in [2.24, 2.45) is 0 Å². The van der Waals surface area contributed by atoms with E-state index in [0.29, 0.717) is 18.0 Å². The number of nitrogens with one attached hydrogen (secondary N) is 1. The summed E-state index contributed by atoms with van der Waals surface area (Å²) in [5.41, 5.74) is 0.575. The molecule has 0 aromatic heterocycles. The molecular formula is C24H19FN2O3S. The number of para-hydroxylation sites is 1. The molecule has 4 rings (SSSR count). The molecule has 31 heavy (non-hydrogen) atoms. The topological polar surface area (TPSA) is 58.6 Å². The van der Waals surface area contributed by atoms with Crippen molar-refractivity contribution in [1.29, 1.82) is 0 Å². The van der Waals surface area contributed by atoms with Crippen molar-refractivity contribution in [3.63, 3.8) is 0 Å². The van der Waals surface area contributed by atoms with Crippen molar-refractivity contribution in [2.75, 3.05) is 16.8 Å². The van der Waals surface area contributed by atoms with Crippen LogP contribution in [-0.4, -0.2) is 18.4 Å². The second-order valence-corrected chi connectivity index (χ2v) is 7.68. The van der Waals surface area contributed by atoms with Gasteiger partial charge in [0.2, 0.25) is 0 Å². The maximum Gasteiger partial charge on any atom is 0.283 e. The average Bonchev–Trinajstić information content (AvgIpc) is 3.01. The number of carbonyl (C=O) groups is 2. The fourth-order valence-electron chi connectivity index (χ4n) is 3.11. The molecule has 5 nitrogen and oxygen atoms in total. The van der Waals surface area contributed by atoms with Gasteiger partial charge in [0.25, 0.3) is 11.8 Å². The van der Waals surface area contributed by atoms with Gasteiger partial charge in [0.15, 0.2) is 0 Å². The molecule has 0 unspecified atom stereocenters. The molecule has 0 atom stereocenters. The van der Waals surface area contributed by atoms with E-state index in [4.69, 9.17) is 4.74 Å². The van der Waals surface area contributed by atoms with E-state index in [1.54, 1.807) is 36.4 Å². The normalized spacial score (nSPS) is 13.7. The van der Waals surface area contributed by atoms with E-state index in [0.717, 1.165) is 21.6 Å². The fraction of sp³-hybridized carbons (Fsp3) is 0.0833. The summed E-state index contributed by atoms with van der Waals surface area (Å²) < 4.78 is 19.7. The largest absolute Gasteiger partial charge is 0.494 e. The van der Waals surface area contributed by atoms with Gasteiger partial charge >= 0.3 is 0 Å². The predicted octanol–water partition coefficient (Wildman–Crippen LogP) is 5.21. The number of hydrogen-bond donors (Lipinski definition) is 1. The zero-order valence-corrected chi connectivity index (χ0v) is 17.5. The van der Waals surface area contributed by atoms with Crippen molar-refractivity contribution in [3.8, 4) is 5.75 Å². The van der Waals surface area contributed by atoms with Crippen LogP contribution in [0.3, 0.4) is 0 Å². The Morgan fingerprint density at radius 2 is 1.58 bits per heavy atom. The Labute approximate surface area is 183 Å². The Morgan fingerprint density at radius 1 is 0.903 bits per heavy atom. The van der Waals surface area contributed by atoms with E-state index in [9.17, 15) is 14.0 Å². The highest BCUT2D eigenvalue weighted by Crippen LogP contribution is 2.38. The molecule has 1 aliphatic rings. The molecule has 2 amide bonds. The average molecular weight is 434 g/mol. The first kappa shape index (κ1) is 20.7. The van der Waals surface area contributed by atoms with E-state index >= 15 is 0 Å². The van der Waals surface area contributed by atoms with Gasteiger partial charge in [-0.2, -0.15) is 0 Å². The standard InChI is InChI=1S/C24H19FN2O3S/c1-2-30-17-14-12-16(13-15-17)27-23(28)21(26-20-11-7-6-10-19(20)25)22(24(27)29)31-18-8-4-3-5-9-18/h3-15,26H,2H2,1H3. The van der Waals surface area contributed by atoms with Crippen LogP contribution < -0.4 is 15.0 Å². The van der Waals surface area contributed by atoms with E-state index in [2.05, 4.69) is 5.32 Å². The van der Waals surface area contributed by atoms with Gasteiger partial charge in [0.05, 0.1) is 18.0 Å². The lowest BCUT2D eigenvalue weighted by Crippen LogP contribution is -2.32. The summed E-state index contributed by atoms with van der Waals surface area (Å²) in [6, 6.07) is 22.0. The Hall–Kier alpha value is -3.58. The van der Waals surface area contributed by atoms with Crippen LogP contribution in [0.1, 0.15) is 6.92 Å². The lowest BCUT2D eigenvalue weighted by Gasteiger charge is -2.16. The maximum atomic E-state index is 14.2. The lowest BCUT2D eigenvalue weighted by atomic mass is 10.2. The third-order valence-electron chi connectivity index (χ3n) is 4.54. The molecule has 1 aliphatic heterocycles. The molecule has 156 valence electrons. The van der Waals surface area contributed by atoms with Gasteiger partial charge in [-0.05, 0) is 55.5 Å². The van der Waals surface area contributed by atoms with Gasteiger partial charge in [-0.25, -0.2) is 9.29 Å². The predicted molar refractivity (Wildman–Crippen MR) is 119 cm³/mol. The zero-order chi connectivity index (χ0) is 21.8. The SMILES string of the molecule is CCOc1ccc(N2C(=O)C(Nc3ccccc3F)=C(Sc3ccccc3)C2=O)cc1. The molecule has 0 aliphatic carbocycles. The van der Waals surface area contributed by atoms with Crippen molar-refractivity contribution >= 4 is 35.0 Å². The highest BCUT2D eigenvalue weighted by molar-refractivity contribution is 8.04. The third kappa shape index (κ3) is 4.32. The number of amides is 2. The second-order valence-electron chi connectivity index (χ2n) is 6.60. The van der Waals surface area contributed by atoms with Crippen molar-refractivity contribution in [2.45, 2.75) is 11.8 Å². The number of halogens is 1. The van der Waals surface area contributed by atoms with Crippen molar-refractivity contribution in [3.05, 3.63) is 95.3 Å². The second kappa shape index (κ2) is 9.06. The lowest BCUT2D eigenvalue weighted by molar-refractivity contribution is -0.120. The van der Waals surface area contributed by atoms with Gasteiger partial charge < -0.3 is 10.1 Å². The minimum Gasteiger partial charge on any atom is -0.494 e. The summed E-state index contributed by atoms with van der Waals surface area (Å²) in [5.74, 6) is -0.890. The first-order valence-corrected chi connectivity index (χ1v) is 10.5. The highest BCUT2D eigenvalue weighted by Gasteiger charge is 2.40. The van der Waals surface area contributed by atoms with Gasteiger partial charge in [-0.3, -0.25) is 9.59 Å². The fourth-order valence-corrected chi connectivity index (χ4v) is 4.06. The Balaban J connectivity index is 1.71. The minimum atomic E-state index is -0.546. The van der Waals surface area contributed by atoms with Crippen LogP contribution in [0.25, 0.3) is 0 Å². The number of benzene rings is 3. The summed E-state index contributed by atoms with van der Waals surface area (Å²) in [6.07, 6.45) is 0. The summed E-state index contributed by atoms with van der Waals surface area (Å²) in [4.78, 5) is 28.6. The van der Waals surface area contributed by atoms with Crippen LogP contribution in [0, 0.1) is 5.82 Å². The molecule has 0 radical (unpaired) electrons. The smallest absolute Gasteiger partial charge is 0.283 e. The van der Waals surface area contributed by atoms with Gasteiger partial charge in [0.1, 0.15) is 22.2 Å². The number of anilines is 2.